The summed E-state index contributed by atoms with van der Waals surface area (Å²) in [5, 5.41) is 16.5. The van der Waals surface area contributed by atoms with Gasteiger partial charge in [-0.05, 0) is 43.3 Å². The number of nitrogens with one attached hydrogen (secondary N) is 3. The van der Waals surface area contributed by atoms with Gasteiger partial charge in [-0.25, -0.2) is 18.6 Å². The van der Waals surface area contributed by atoms with Gasteiger partial charge in [0.05, 0.1) is 22.6 Å². The van der Waals surface area contributed by atoms with E-state index in [9.17, 15) is 28.1 Å². The second-order valence-electron chi connectivity index (χ2n) is 6.90. The van der Waals surface area contributed by atoms with Crippen molar-refractivity contribution in [2.75, 3.05) is 5.32 Å². The summed E-state index contributed by atoms with van der Waals surface area (Å²) in [7, 11) is -3.71. The highest BCUT2D eigenvalue weighted by atomic mass is 32.2. The van der Waals surface area contributed by atoms with Crippen LogP contribution < -0.4 is 15.5 Å². The normalized spacial score (nSPS) is 11.3. The summed E-state index contributed by atoms with van der Waals surface area (Å²) in [6.07, 6.45) is 1.13. The lowest BCUT2D eigenvalue weighted by molar-refractivity contribution is -0.384. The fourth-order valence-electron chi connectivity index (χ4n) is 2.59. The number of amides is 2. The fraction of sp³-hybridized carbons (Fsp3) is 0.0952. The van der Waals surface area contributed by atoms with Crippen molar-refractivity contribution in [3.63, 3.8) is 0 Å². The Kier molecular flexibility index (Phi) is 7.50. The molecule has 1 heterocycles. The highest BCUT2D eigenvalue weighted by molar-refractivity contribution is 7.89. The first kappa shape index (κ1) is 24.3. The lowest BCUT2D eigenvalue weighted by Gasteiger charge is -2.05. The van der Waals surface area contributed by atoms with Crippen LogP contribution in [0.4, 0.5) is 11.4 Å². The molecule has 176 valence electrons. The van der Waals surface area contributed by atoms with Crippen LogP contribution >= 0.6 is 0 Å². The van der Waals surface area contributed by atoms with E-state index in [1.807, 2.05) is 12.3 Å². The van der Waals surface area contributed by atoms with Crippen molar-refractivity contribution in [1.82, 2.24) is 10.1 Å². The van der Waals surface area contributed by atoms with Gasteiger partial charge in [-0.15, -0.1) is 0 Å². The molecule has 12 nitrogen and oxygen atoms in total. The summed E-state index contributed by atoms with van der Waals surface area (Å²) < 4.78 is 32.5. The zero-order chi connectivity index (χ0) is 24.7. The number of carbonyl (C=O) groups excluding carboxylic acids is 2. The van der Waals surface area contributed by atoms with Crippen LogP contribution in [0.3, 0.4) is 0 Å². The van der Waals surface area contributed by atoms with Gasteiger partial charge in [-0.1, -0.05) is 17.7 Å². The van der Waals surface area contributed by atoms with Crippen molar-refractivity contribution < 1.29 is 27.3 Å². The Balaban J connectivity index is 1.49. The number of nitro groups is 1. The number of furan rings is 1. The number of hydrogen-bond acceptors (Lipinski definition) is 8. The number of sulfonamides is 1. The fourth-order valence-corrected chi connectivity index (χ4v) is 3.58. The number of aryl methyl sites for hydroxylation is 1. The Labute approximate surface area is 193 Å². The SMILES string of the molecule is Cc1ccc(S(=O)(=O)NCc2ccc(/C=N/NC(=O)C(=O)Nc3ccc([N+](=O)[O-])cc3)o2)cc1. The van der Waals surface area contributed by atoms with Gasteiger partial charge in [0.2, 0.25) is 10.0 Å². The quantitative estimate of drug-likeness (QED) is 0.189. The van der Waals surface area contributed by atoms with E-state index >= 15 is 0 Å². The van der Waals surface area contributed by atoms with Gasteiger partial charge in [-0.3, -0.25) is 19.7 Å². The van der Waals surface area contributed by atoms with Gasteiger partial charge in [-0.2, -0.15) is 5.10 Å². The summed E-state index contributed by atoms with van der Waals surface area (Å²) in [6.45, 7) is 1.75. The van der Waals surface area contributed by atoms with Crippen LogP contribution in [0.2, 0.25) is 0 Å². The van der Waals surface area contributed by atoms with Crippen LogP contribution in [0.5, 0.6) is 0 Å². The van der Waals surface area contributed by atoms with Crippen LogP contribution in [0, 0.1) is 17.0 Å². The van der Waals surface area contributed by atoms with E-state index in [0.717, 1.165) is 11.8 Å². The molecular formula is C21H19N5O7S. The predicted octanol–water partition coefficient (Wildman–Crippen LogP) is 2.06. The van der Waals surface area contributed by atoms with Crippen molar-refractivity contribution in [3.05, 3.63) is 87.9 Å². The largest absolute Gasteiger partial charge is 0.459 e. The Morgan fingerprint density at radius 2 is 1.71 bits per heavy atom. The van der Waals surface area contributed by atoms with Gasteiger partial charge in [0.25, 0.3) is 5.69 Å². The molecule has 0 spiro atoms. The molecule has 3 rings (SSSR count). The smallest absolute Gasteiger partial charge is 0.329 e. The predicted molar refractivity (Wildman–Crippen MR) is 121 cm³/mol. The van der Waals surface area contributed by atoms with Crippen LogP contribution in [-0.4, -0.2) is 31.4 Å². The standard InChI is InChI=1S/C21H19N5O7S/c1-14-2-10-19(11-3-14)34(31,32)23-13-18-9-8-17(33-18)12-22-25-21(28)20(27)24-15-4-6-16(7-5-15)26(29)30/h2-12,23H,13H2,1H3,(H,24,27)(H,25,28)/b22-12+. The molecule has 0 bridgehead atoms. The zero-order valence-corrected chi connectivity index (χ0v) is 18.5. The van der Waals surface area contributed by atoms with Gasteiger partial charge in [0.15, 0.2) is 0 Å². The Morgan fingerprint density at radius 3 is 2.35 bits per heavy atom. The molecule has 0 aliphatic heterocycles. The van der Waals surface area contributed by atoms with Crippen LogP contribution in [0.1, 0.15) is 17.1 Å². The van der Waals surface area contributed by atoms with Crippen LogP contribution in [0.25, 0.3) is 0 Å². The van der Waals surface area contributed by atoms with E-state index in [-0.39, 0.29) is 28.6 Å². The number of nitrogens with zero attached hydrogens (tertiary/aromatic N) is 2. The number of rotatable bonds is 8. The summed E-state index contributed by atoms with van der Waals surface area (Å²) >= 11 is 0. The highest BCUT2D eigenvalue weighted by Crippen LogP contribution is 2.15. The molecule has 0 saturated heterocycles. The molecule has 0 saturated carbocycles. The van der Waals surface area contributed by atoms with Crippen LogP contribution in [0.15, 0.2) is 75.1 Å². The van der Waals surface area contributed by atoms with E-state index in [2.05, 4.69) is 15.1 Å². The number of anilines is 1. The first-order valence-electron chi connectivity index (χ1n) is 9.68. The maximum absolute atomic E-state index is 12.3. The summed E-state index contributed by atoms with van der Waals surface area (Å²) in [4.78, 5) is 33.9. The van der Waals surface area contributed by atoms with Gasteiger partial charge in [0, 0.05) is 17.8 Å². The number of hydrazone groups is 1. The second-order valence-corrected chi connectivity index (χ2v) is 8.67. The molecule has 0 radical (unpaired) electrons. The Hall–Kier alpha value is -4.36. The molecule has 2 aromatic carbocycles. The molecule has 2 amide bonds. The van der Waals surface area contributed by atoms with Crippen molar-refractivity contribution >= 4 is 39.4 Å². The molecule has 0 fully saturated rings. The minimum atomic E-state index is -3.71. The minimum absolute atomic E-state index is 0.103. The third-order valence-corrected chi connectivity index (χ3v) is 5.77. The lowest BCUT2D eigenvalue weighted by Crippen LogP contribution is -2.32. The number of non-ortho nitro benzene ring substituents is 1. The maximum Gasteiger partial charge on any atom is 0.329 e. The van der Waals surface area contributed by atoms with Crippen molar-refractivity contribution in [2.24, 2.45) is 5.10 Å². The molecule has 1 aromatic heterocycles. The third kappa shape index (κ3) is 6.57. The third-order valence-electron chi connectivity index (χ3n) is 4.35. The molecule has 0 unspecified atom stereocenters. The van der Waals surface area contributed by atoms with E-state index in [0.29, 0.717) is 5.76 Å². The Bertz CT molecular complexity index is 1330. The molecule has 13 heteroatoms. The van der Waals surface area contributed by atoms with Crippen LogP contribution in [-0.2, 0) is 26.2 Å². The van der Waals surface area contributed by atoms with Gasteiger partial charge >= 0.3 is 11.8 Å². The van der Waals surface area contributed by atoms with E-state index in [1.54, 1.807) is 12.1 Å². The number of benzene rings is 2. The number of carbonyl (C=O) groups is 2. The number of nitro benzene ring substituents is 1. The molecule has 0 aliphatic carbocycles. The van der Waals surface area contributed by atoms with E-state index in [1.165, 1.54) is 48.5 Å². The average molecular weight is 485 g/mol. The van der Waals surface area contributed by atoms with E-state index in [4.69, 9.17) is 4.42 Å². The molecular weight excluding hydrogens is 466 g/mol. The van der Waals surface area contributed by atoms with Gasteiger partial charge in [0.1, 0.15) is 11.5 Å². The summed E-state index contributed by atoms with van der Waals surface area (Å²) in [6, 6.07) is 14.3. The maximum atomic E-state index is 12.3. The first-order chi connectivity index (χ1) is 16.1. The molecule has 0 atom stereocenters. The average Bonchev–Trinajstić information content (AvgIpc) is 3.26. The number of hydrogen-bond donors (Lipinski definition) is 3. The minimum Gasteiger partial charge on any atom is -0.459 e. The molecule has 3 aromatic rings. The topological polar surface area (TPSA) is 173 Å². The van der Waals surface area contributed by atoms with E-state index < -0.39 is 26.8 Å². The zero-order valence-electron chi connectivity index (χ0n) is 17.7. The molecule has 0 aliphatic rings. The molecule has 3 N–H and O–H groups in total. The summed E-state index contributed by atoms with van der Waals surface area (Å²) in [5.41, 5.74) is 2.98. The van der Waals surface area contributed by atoms with Crippen molar-refractivity contribution in [1.29, 1.82) is 0 Å². The second kappa shape index (κ2) is 10.5. The lowest BCUT2D eigenvalue weighted by atomic mass is 10.2. The Morgan fingerprint density at radius 1 is 1.03 bits per heavy atom. The molecule has 34 heavy (non-hydrogen) atoms. The van der Waals surface area contributed by atoms with Gasteiger partial charge < -0.3 is 9.73 Å². The van der Waals surface area contributed by atoms with Crippen molar-refractivity contribution in [3.8, 4) is 0 Å². The first-order valence-corrected chi connectivity index (χ1v) is 11.2. The highest BCUT2D eigenvalue weighted by Gasteiger charge is 2.15. The monoisotopic (exact) mass is 485 g/mol. The summed E-state index contributed by atoms with van der Waals surface area (Å²) in [5.74, 6) is -1.59. The van der Waals surface area contributed by atoms with Crippen molar-refractivity contribution in [2.45, 2.75) is 18.4 Å².